The molecule has 51 heavy (non-hydrogen) atoms. The Morgan fingerprint density at radius 3 is 1.10 bits per heavy atom. The number of esters is 4. The van der Waals surface area contributed by atoms with Crippen LogP contribution in [-0.4, -0.2) is 60.2 Å². The molecule has 10 nitrogen and oxygen atoms in total. The van der Waals surface area contributed by atoms with E-state index in [-0.39, 0.29) is 28.7 Å². The molecule has 1 fully saturated rings. The predicted octanol–water partition coefficient (Wildman–Crippen LogP) is 6.09. The molecular weight excluding hydrogens is 650 g/mol. The average Bonchev–Trinajstić information content (AvgIpc) is 3.18. The van der Waals surface area contributed by atoms with Gasteiger partial charge in [0.05, 0.1) is 28.3 Å². The van der Waals surface area contributed by atoms with Gasteiger partial charge in [0, 0.05) is 12.0 Å². The first-order valence-electron chi connectivity index (χ1n) is 16.3. The highest BCUT2D eigenvalue weighted by molar-refractivity contribution is 5.95. The molecule has 1 aliphatic rings. The summed E-state index contributed by atoms with van der Waals surface area (Å²) < 4.78 is 24.2. The van der Waals surface area contributed by atoms with E-state index in [4.69, 9.17) is 18.9 Å². The molecule has 0 unspecified atom stereocenters. The standard InChI is InChI=1S/C41H33NO9/c43-37(27-16-6-1-7-17-27)42-32-26-33(48-38(44)28-18-8-2-9-19-28)35(50-40(46)30-22-12-4-13-23-30)36(51-41(47)31-24-14-5-15-25-31)34(32)49-39(45)29-20-10-3-11-21-29/h1-25,32-36H,26H2,(H,42,43)/t32-,33+,34+,35-,36-/m0/s1. The molecule has 256 valence electrons. The highest BCUT2D eigenvalue weighted by Gasteiger charge is 2.53. The molecule has 1 aliphatic carbocycles. The van der Waals surface area contributed by atoms with Crippen LogP contribution in [0.4, 0.5) is 0 Å². The van der Waals surface area contributed by atoms with Crippen LogP contribution in [0.3, 0.4) is 0 Å². The van der Waals surface area contributed by atoms with Gasteiger partial charge in [-0.1, -0.05) is 91.0 Å². The number of amides is 1. The first-order valence-corrected chi connectivity index (χ1v) is 16.3. The molecule has 1 amide bonds. The summed E-state index contributed by atoms with van der Waals surface area (Å²) in [5, 5.41) is 2.89. The number of ether oxygens (including phenoxy) is 4. The van der Waals surface area contributed by atoms with E-state index in [1.807, 2.05) is 0 Å². The van der Waals surface area contributed by atoms with Crippen molar-refractivity contribution in [2.45, 2.75) is 36.9 Å². The van der Waals surface area contributed by atoms with Crippen LogP contribution in [-0.2, 0) is 18.9 Å². The van der Waals surface area contributed by atoms with Gasteiger partial charge in [-0.25, -0.2) is 19.2 Å². The fourth-order valence-corrected chi connectivity index (χ4v) is 5.75. The summed E-state index contributed by atoms with van der Waals surface area (Å²) in [5.74, 6) is -3.69. The van der Waals surface area contributed by atoms with Crippen molar-refractivity contribution in [1.82, 2.24) is 5.32 Å². The molecule has 5 aromatic rings. The normalized spacial score (nSPS) is 19.5. The predicted molar refractivity (Wildman–Crippen MR) is 185 cm³/mol. The molecule has 0 aromatic heterocycles. The monoisotopic (exact) mass is 683 g/mol. The van der Waals surface area contributed by atoms with E-state index < -0.39 is 60.2 Å². The third kappa shape index (κ3) is 8.55. The number of carbonyl (C=O) groups excluding carboxylic acids is 5. The lowest BCUT2D eigenvalue weighted by Crippen LogP contribution is -2.64. The number of hydrogen-bond donors (Lipinski definition) is 1. The third-order valence-corrected chi connectivity index (χ3v) is 8.28. The quantitative estimate of drug-likeness (QED) is 0.137. The second kappa shape index (κ2) is 16.2. The van der Waals surface area contributed by atoms with E-state index in [0.717, 1.165) is 0 Å². The highest BCUT2D eigenvalue weighted by atomic mass is 16.6. The summed E-state index contributed by atoms with van der Waals surface area (Å²) in [6.07, 6.45) is -5.95. The van der Waals surface area contributed by atoms with Crippen molar-refractivity contribution in [1.29, 1.82) is 0 Å². The number of hydrogen-bond acceptors (Lipinski definition) is 9. The summed E-state index contributed by atoms with van der Waals surface area (Å²) in [4.78, 5) is 68.1. The smallest absolute Gasteiger partial charge is 0.338 e. The summed E-state index contributed by atoms with van der Waals surface area (Å²) in [7, 11) is 0. The van der Waals surface area contributed by atoms with E-state index in [1.165, 1.54) is 24.3 Å². The van der Waals surface area contributed by atoms with E-state index >= 15 is 0 Å². The lowest BCUT2D eigenvalue weighted by molar-refractivity contribution is -0.155. The van der Waals surface area contributed by atoms with Gasteiger partial charge < -0.3 is 24.3 Å². The Labute approximate surface area is 293 Å². The minimum Gasteiger partial charge on any atom is -0.455 e. The number of benzene rings is 5. The van der Waals surface area contributed by atoms with Gasteiger partial charge in [-0.05, 0) is 60.7 Å². The van der Waals surface area contributed by atoms with Crippen molar-refractivity contribution >= 4 is 29.8 Å². The van der Waals surface area contributed by atoms with Crippen molar-refractivity contribution in [3.63, 3.8) is 0 Å². The second-order valence-electron chi connectivity index (χ2n) is 11.7. The molecule has 0 saturated heterocycles. The molecule has 0 radical (unpaired) electrons. The van der Waals surface area contributed by atoms with Gasteiger partial charge >= 0.3 is 23.9 Å². The van der Waals surface area contributed by atoms with Gasteiger partial charge in [-0.15, -0.1) is 0 Å². The zero-order valence-corrected chi connectivity index (χ0v) is 27.2. The van der Waals surface area contributed by atoms with Gasteiger partial charge in [0.15, 0.2) is 18.3 Å². The van der Waals surface area contributed by atoms with Crippen LogP contribution in [0.15, 0.2) is 152 Å². The van der Waals surface area contributed by atoms with Gasteiger partial charge in [-0.2, -0.15) is 0 Å². The number of rotatable bonds is 10. The maximum Gasteiger partial charge on any atom is 0.338 e. The molecule has 0 aliphatic heterocycles. The van der Waals surface area contributed by atoms with E-state index in [0.29, 0.717) is 5.56 Å². The number of nitrogens with one attached hydrogen (secondary N) is 1. The maximum absolute atomic E-state index is 13.7. The molecule has 6 rings (SSSR count). The Bertz CT molecular complexity index is 1840. The van der Waals surface area contributed by atoms with Crippen LogP contribution in [0.25, 0.3) is 0 Å². The summed E-state index contributed by atoms with van der Waals surface area (Å²) in [6, 6.07) is 39.7. The Balaban J connectivity index is 1.44. The molecule has 1 saturated carbocycles. The SMILES string of the molecule is O=C(N[C@H]1C[C@@H](OC(=O)c2ccccc2)[C@H](OC(=O)c2ccccc2)[C@@H](OC(=O)c2ccccc2)[C@@H]1OC(=O)c1ccccc1)c1ccccc1. The molecule has 0 heterocycles. The van der Waals surface area contributed by atoms with Crippen molar-refractivity contribution in [3.05, 3.63) is 179 Å². The van der Waals surface area contributed by atoms with E-state index in [1.54, 1.807) is 127 Å². The van der Waals surface area contributed by atoms with Gasteiger partial charge in [0.25, 0.3) is 5.91 Å². The molecule has 5 aromatic carbocycles. The van der Waals surface area contributed by atoms with Crippen LogP contribution in [0.5, 0.6) is 0 Å². The first kappa shape index (κ1) is 34.3. The van der Waals surface area contributed by atoms with Crippen LogP contribution < -0.4 is 5.32 Å². The number of carbonyl (C=O) groups is 5. The van der Waals surface area contributed by atoms with Gasteiger partial charge in [0.1, 0.15) is 6.10 Å². The van der Waals surface area contributed by atoms with Crippen LogP contribution >= 0.6 is 0 Å². The average molecular weight is 684 g/mol. The van der Waals surface area contributed by atoms with Crippen molar-refractivity contribution in [2.24, 2.45) is 0 Å². The largest absolute Gasteiger partial charge is 0.455 e. The summed E-state index contributed by atoms with van der Waals surface area (Å²) in [6.45, 7) is 0. The third-order valence-electron chi connectivity index (χ3n) is 8.28. The second-order valence-corrected chi connectivity index (χ2v) is 11.7. The fraction of sp³-hybridized carbons (Fsp3) is 0.146. The van der Waals surface area contributed by atoms with Gasteiger partial charge in [0.2, 0.25) is 0 Å². The van der Waals surface area contributed by atoms with Crippen LogP contribution in [0.1, 0.15) is 58.2 Å². The van der Waals surface area contributed by atoms with E-state index in [2.05, 4.69) is 5.32 Å². The molecule has 0 spiro atoms. The molecule has 5 atom stereocenters. The highest BCUT2D eigenvalue weighted by Crippen LogP contribution is 2.33. The van der Waals surface area contributed by atoms with Crippen molar-refractivity contribution in [3.8, 4) is 0 Å². The van der Waals surface area contributed by atoms with Crippen molar-refractivity contribution < 1.29 is 42.9 Å². The minimum atomic E-state index is -1.57. The summed E-state index contributed by atoms with van der Waals surface area (Å²) in [5.41, 5.74) is 1.04. The lowest BCUT2D eigenvalue weighted by Gasteiger charge is -2.44. The van der Waals surface area contributed by atoms with Gasteiger partial charge in [-0.3, -0.25) is 4.79 Å². The zero-order chi connectivity index (χ0) is 35.6. The Kier molecular flexibility index (Phi) is 10.9. The molecular formula is C41H33NO9. The molecule has 1 N–H and O–H groups in total. The maximum atomic E-state index is 13.7. The van der Waals surface area contributed by atoms with E-state index in [9.17, 15) is 24.0 Å². The zero-order valence-electron chi connectivity index (χ0n) is 27.2. The first-order chi connectivity index (χ1) is 24.9. The van der Waals surface area contributed by atoms with Crippen molar-refractivity contribution in [2.75, 3.05) is 0 Å². The Hall–Kier alpha value is -6.55. The minimum absolute atomic E-state index is 0.159. The van der Waals surface area contributed by atoms with Crippen LogP contribution in [0, 0.1) is 0 Å². The Morgan fingerprint density at radius 2 is 0.706 bits per heavy atom. The molecule has 10 heteroatoms. The Morgan fingerprint density at radius 1 is 0.392 bits per heavy atom. The lowest BCUT2D eigenvalue weighted by atomic mass is 9.84. The summed E-state index contributed by atoms with van der Waals surface area (Å²) >= 11 is 0. The van der Waals surface area contributed by atoms with Crippen LogP contribution in [0.2, 0.25) is 0 Å². The molecule has 0 bridgehead atoms. The fourth-order valence-electron chi connectivity index (χ4n) is 5.75. The topological polar surface area (TPSA) is 134 Å².